The molecule has 12 heteroatoms. The van der Waals surface area contributed by atoms with E-state index in [-0.39, 0.29) is 29.8 Å². The van der Waals surface area contributed by atoms with Crippen molar-refractivity contribution >= 4 is 0 Å². The maximum absolute atomic E-state index is 15.1. The summed E-state index contributed by atoms with van der Waals surface area (Å²) in [4.78, 5) is 12.8. The molecule has 1 aliphatic heterocycles. The number of hydrogen-bond donors (Lipinski definition) is 0. The summed E-state index contributed by atoms with van der Waals surface area (Å²) in [5, 5.41) is 8.45. The van der Waals surface area contributed by atoms with E-state index in [0.29, 0.717) is 36.9 Å². The normalized spacial score (nSPS) is 15.6. The molecule has 3 heterocycles. The van der Waals surface area contributed by atoms with E-state index >= 15 is 4.39 Å². The number of ether oxygens (including phenoxy) is 3. The molecular weight excluding hydrogens is 515 g/mol. The van der Waals surface area contributed by atoms with E-state index in [1.165, 1.54) is 18.2 Å². The van der Waals surface area contributed by atoms with Gasteiger partial charge in [-0.05, 0) is 57.4 Å². The highest BCUT2D eigenvalue weighted by molar-refractivity contribution is 5.42. The van der Waals surface area contributed by atoms with Gasteiger partial charge in [-0.15, -0.1) is 0 Å². The van der Waals surface area contributed by atoms with Crippen LogP contribution in [-0.2, 0) is 22.6 Å². The summed E-state index contributed by atoms with van der Waals surface area (Å²) in [5.74, 6) is -1.91. The maximum Gasteiger partial charge on any atom is 0.350 e. The van der Waals surface area contributed by atoms with Crippen LogP contribution in [0.2, 0.25) is 0 Å². The molecular formula is C27H28F3N5O4. The van der Waals surface area contributed by atoms with Crippen molar-refractivity contribution in [3.63, 3.8) is 0 Å². The predicted molar refractivity (Wildman–Crippen MR) is 135 cm³/mol. The lowest BCUT2D eigenvalue weighted by molar-refractivity contribution is -0.163. The van der Waals surface area contributed by atoms with Gasteiger partial charge >= 0.3 is 5.69 Å². The van der Waals surface area contributed by atoms with Gasteiger partial charge < -0.3 is 14.2 Å². The van der Waals surface area contributed by atoms with Gasteiger partial charge in [-0.2, -0.15) is 14.9 Å². The third-order valence-corrected chi connectivity index (χ3v) is 6.56. The number of aryl methyl sites for hydroxylation is 1. The van der Waals surface area contributed by atoms with Crippen LogP contribution in [0.5, 0.6) is 11.5 Å². The van der Waals surface area contributed by atoms with Gasteiger partial charge in [0.25, 0.3) is 0 Å². The number of aromatic nitrogens is 5. The Labute approximate surface area is 222 Å². The van der Waals surface area contributed by atoms with Gasteiger partial charge in [-0.3, -0.25) is 9.25 Å². The van der Waals surface area contributed by atoms with Crippen molar-refractivity contribution in [2.45, 2.75) is 52.5 Å². The van der Waals surface area contributed by atoms with E-state index < -0.39 is 23.1 Å². The van der Waals surface area contributed by atoms with Crippen LogP contribution in [0, 0.1) is 31.3 Å². The molecule has 9 nitrogen and oxygen atoms in total. The van der Waals surface area contributed by atoms with Crippen molar-refractivity contribution in [3.8, 4) is 17.2 Å². The first-order valence-corrected chi connectivity index (χ1v) is 12.6. The first-order valence-electron chi connectivity index (χ1n) is 12.6. The molecule has 0 N–H and O–H groups in total. The molecule has 0 amide bonds. The van der Waals surface area contributed by atoms with Crippen molar-refractivity contribution in [2.24, 2.45) is 0 Å². The Morgan fingerprint density at radius 2 is 1.87 bits per heavy atom. The molecule has 0 aliphatic carbocycles. The van der Waals surface area contributed by atoms with E-state index in [0.717, 1.165) is 53.0 Å². The van der Waals surface area contributed by atoms with Gasteiger partial charge in [0.15, 0.2) is 23.6 Å². The molecule has 0 bridgehead atoms. The molecule has 0 saturated carbocycles. The Morgan fingerprint density at radius 1 is 1.08 bits per heavy atom. The second-order valence-electron chi connectivity index (χ2n) is 9.26. The standard InChI is InChI=1S/C27H28F3N5O4/c1-17-26(18(2)34(32-17)11-13-38-25-8-3-4-12-37-25)39-24-10-9-19(14-23(24)30)35-27(36)33(16-31-35)15-20-21(28)6-5-7-22(20)29/h5-7,9-10,14,16,25H,3-4,8,11-13,15H2,1-2H3. The lowest BCUT2D eigenvalue weighted by Crippen LogP contribution is -2.24. The maximum atomic E-state index is 15.1. The molecule has 2 aromatic heterocycles. The molecule has 4 aromatic rings. The number of hydrogen-bond acceptors (Lipinski definition) is 6. The molecule has 1 fully saturated rings. The molecule has 1 unspecified atom stereocenters. The van der Waals surface area contributed by atoms with E-state index in [4.69, 9.17) is 14.2 Å². The smallest absolute Gasteiger partial charge is 0.350 e. The first-order chi connectivity index (χ1) is 18.8. The molecule has 1 aliphatic rings. The van der Waals surface area contributed by atoms with Gasteiger partial charge in [-0.1, -0.05) is 6.07 Å². The average Bonchev–Trinajstić information content (AvgIpc) is 3.41. The quantitative estimate of drug-likeness (QED) is 0.306. The van der Waals surface area contributed by atoms with Crippen molar-refractivity contribution < 1.29 is 27.4 Å². The van der Waals surface area contributed by atoms with E-state index in [2.05, 4.69) is 10.2 Å². The Balaban J connectivity index is 1.28. The van der Waals surface area contributed by atoms with Crippen LogP contribution in [0.1, 0.15) is 36.2 Å². The Morgan fingerprint density at radius 3 is 2.59 bits per heavy atom. The summed E-state index contributed by atoms with van der Waals surface area (Å²) in [5.41, 5.74) is 0.470. The molecule has 206 valence electrons. The van der Waals surface area contributed by atoms with E-state index in [9.17, 15) is 13.6 Å². The van der Waals surface area contributed by atoms with Crippen LogP contribution in [0.25, 0.3) is 5.69 Å². The van der Waals surface area contributed by atoms with Crippen molar-refractivity contribution in [3.05, 3.63) is 87.6 Å². The summed E-state index contributed by atoms with van der Waals surface area (Å²) in [6.07, 6.45) is 3.95. The molecule has 5 rings (SSSR count). The van der Waals surface area contributed by atoms with E-state index in [1.54, 1.807) is 11.6 Å². The summed E-state index contributed by atoms with van der Waals surface area (Å²) < 4.78 is 64.0. The predicted octanol–water partition coefficient (Wildman–Crippen LogP) is 4.65. The van der Waals surface area contributed by atoms with Crippen LogP contribution in [0.3, 0.4) is 0 Å². The highest BCUT2D eigenvalue weighted by Gasteiger charge is 2.19. The third-order valence-electron chi connectivity index (χ3n) is 6.56. The average molecular weight is 544 g/mol. The van der Waals surface area contributed by atoms with Crippen molar-refractivity contribution in [1.82, 2.24) is 24.1 Å². The zero-order chi connectivity index (χ0) is 27.5. The lowest BCUT2D eigenvalue weighted by Gasteiger charge is -2.22. The number of benzene rings is 2. The topological polar surface area (TPSA) is 85.3 Å². The molecule has 2 aromatic carbocycles. The second kappa shape index (κ2) is 11.5. The molecule has 1 saturated heterocycles. The second-order valence-corrected chi connectivity index (χ2v) is 9.26. The zero-order valence-electron chi connectivity index (χ0n) is 21.6. The van der Waals surface area contributed by atoms with Crippen LogP contribution in [-0.4, -0.2) is 43.6 Å². The van der Waals surface area contributed by atoms with Gasteiger partial charge in [0.05, 0.1) is 31.1 Å². The van der Waals surface area contributed by atoms with Gasteiger partial charge in [-0.25, -0.2) is 18.0 Å². The summed E-state index contributed by atoms with van der Waals surface area (Å²) >= 11 is 0. The number of halogens is 3. The Bertz CT molecular complexity index is 1500. The summed E-state index contributed by atoms with van der Waals surface area (Å²) in [6.45, 7) is 4.84. The molecule has 0 radical (unpaired) electrons. The van der Waals surface area contributed by atoms with Crippen LogP contribution in [0.15, 0.2) is 47.5 Å². The zero-order valence-corrected chi connectivity index (χ0v) is 21.6. The largest absolute Gasteiger partial charge is 0.450 e. The third kappa shape index (κ3) is 5.76. The first kappa shape index (κ1) is 26.7. The fourth-order valence-corrected chi connectivity index (χ4v) is 4.45. The highest BCUT2D eigenvalue weighted by Crippen LogP contribution is 2.31. The SMILES string of the molecule is Cc1nn(CCOC2CCCCO2)c(C)c1Oc1ccc(-n2ncn(Cc3c(F)cccc3F)c2=O)cc1F. The number of rotatable bonds is 9. The van der Waals surface area contributed by atoms with Crippen LogP contribution >= 0.6 is 0 Å². The number of nitrogens with zero attached hydrogens (tertiary/aromatic N) is 5. The molecule has 0 spiro atoms. The minimum atomic E-state index is -0.776. The van der Waals surface area contributed by atoms with E-state index in [1.807, 2.05) is 6.92 Å². The van der Waals surface area contributed by atoms with Crippen LogP contribution < -0.4 is 10.4 Å². The van der Waals surface area contributed by atoms with Crippen LogP contribution in [0.4, 0.5) is 13.2 Å². The summed E-state index contributed by atoms with van der Waals surface area (Å²) in [7, 11) is 0. The van der Waals surface area contributed by atoms with Crippen molar-refractivity contribution in [2.75, 3.05) is 13.2 Å². The van der Waals surface area contributed by atoms with Gasteiger partial charge in [0, 0.05) is 18.2 Å². The summed E-state index contributed by atoms with van der Waals surface area (Å²) in [6, 6.07) is 7.40. The molecule has 1 atom stereocenters. The monoisotopic (exact) mass is 543 g/mol. The van der Waals surface area contributed by atoms with Crippen molar-refractivity contribution in [1.29, 1.82) is 0 Å². The van der Waals surface area contributed by atoms with Gasteiger partial charge in [0.1, 0.15) is 23.7 Å². The lowest BCUT2D eigenvalue weighted by atomic mass is 10.2. The highest BCUT2D eigenvalue weighted by atomic mass is 19.1. The minimum absolute atomic E-state index is 0.0581. The van der Waals surface area contributed by atoms with Gasteiger partial charge in [0.2, 0.25) is 0 Å². The Hall–Kier alpha value is -3.90. The Kier molecular flexibility index (Phi) is 7.84. The fourth-order valence-electron chi connectivity index (χ4n) is 4.45. The minimum Gasteiger partial charge on any atom is -0.450 e. The fraction of sp³-hybridized carbons (Fsp3) is 0.370. The molecule has 39 heavy (non-hydrogen) atoms.